The van der Waals surface area contributed by atoms with Crippen molar-refractivity contribution in [3.8, 4) is 21.7 Å². The maximum atomic E-state index is 5.08. The number of aromatic nitrogens is 1. The van der Waals surface area contributed by atoms with Gasteiger partial charge in [0.05, 0.1) is 16.3 Å². The summed E-state index contributed by atoms with van der Waals surface area (Å²) in [5.41, 5.74) is 5.65. The number of rotatable bonds is 5. The van der Waals surface area contributed by atoms with E-state index in [1.165, 1.54) is 16.0 Å². The topological polar surface area (TPSA) is 16.1 Å². The summed E-state index contributed by atoms with van der Waals surface area (Å²) in [7, 11) is 4.14. The van der Waals surface area contributed by atoms with Gasteiger partial charge in [-0.1, -0.05) is 91.0 Å². The molecule has 138 valence electrons. The molecule has 28 heavy (non-hydrogen) atoms. The number of hydrogen-bond acceptors (Lipinski definition) is 3. The SMILES string of the molecule is CN(C)C(=Cc1ccccc1)c1nc(-c2ccccc2)c(-c2ccccc2)s1. The average molecular weight is 383 g/mol. The lowest BCUT2D eigenvalue weighted by atomic mass is 10.1. The third-order valence-corrected chi connectivity index (χ3v) is 5.64. The second-order valence-corrected chi connectivity index (χ2v) is 7.76. The van der Waals surface area contributed by atoms with E-state index < -0.39 is 0 Å². The fourth-order valence-corrected chi connectivity index (χ4v) is 4.29. The minimum Gasteiger partial charge on any atom is -0.375 e. The van der Waals surface area contributed by atoms with Crippen molar-refractivity contribution in [1.29, 1.82) is 0 Å². The summed E-state index contributed by atoms with van der Waals surface area (Å²) >= 11 is 1.74. The highest BCUT2D eigenvalue weighted by Gasteiger charge is 2.18. The molecule has 0 radical (unpaired) electrons. The third-order valence-electron chi connectivity index (χ3n) is 4.51. The normalized spacial score (nSPS) is 11.4. The fraction of sp³-hybridized carbons (Fsp3) is 0.0800. The Morgan fingerprint density at radius 2 is 1.29 bits per heavy atom. The highest BCUT2D eigenvalue weighted by atomic mass is 32.1. The van der Waals surface area contributed by atoms with Crippen LogP contribution in [-0.2, 0) is 0 Å². The molecule has 4 rings (SSSR count). The van der Waals surface area contributed by atoms with Crippen LogP contribution in [0.4, 0.5) is 0 Å². The zero-order valence-electron chi connectivity index (χ0n) is 16.0. The van der Waals surface area contributed by atoms with Crippen molar-refractivity contribution < 1.29 is 0 Å². The van der Waals surface area contributed by atoms with Crippen LogP contribution < -0.4 is 0 Å². The van der Waals surface area contributed by atoms with E-state index in [4.69, 9.17) is 4.98 Å². The van der Waals surface area contributed by atoms with E-state index in [1.807, 2.05) is 18.2 Å². The predicted octanol–water partition coefficient (Wildman–Crippen LogP) is 6.54. The number of benzene rings is 3. The van der Waals surface area contributed by atoms with Gasteiger partial charge in [-0.25, -0.2) is 4.98 Å². The highest BCUT2D eigenvalue weighted by molar-refractivity contribution is 7.16. The summed E-state index contributed by atoms with van der Waals surface area (Å²) in [6, 6.07) is 31.3. The van der Waals surface area contributed by atoms with Crippen LogP contribution in [0.2, 0.25) is 0 Å². The maximum absolute atomic E-state index is 5.08. The summed E-state index contributed by atoms with van der Waals surface area (Å²) in [6.07, 6.45) is 2.20. The van der Waals surface area contributed by atoms with Gasteiger partial charge in [-0.2, -0.15) is 0 Å². The molecule has 1 heterocycles. The monoisotopic (exact) mass is 382 g/mol. The molecule has 4 aromatic rings. The maximum Gasteiger partial charge on any atom is 0.140 e. The largest absolute Gasteiger partial charge is 0.375 e. The zero-order valence-corrected chi connectivity index (χ0v) is 16.9. The molecule has 0 saturated carbocycles. The van der Waals surface area contributed by atoms with Crippen LogP contribution in [-0.4, -0.2) is 24.0 Å². The van der Waals surface area contributed by atoms with Crippen molar-refractivity contribution in [2.24, 2.45) is 0 Å². The Bertz CT molecular complexity index is 1010. The van der Waals surface area contributed by atoms with Gasteiger partial charge in [-0.3, -0.25) is 0 Å². The first-order chi connectivity index (χ1) is 13.7. The van der Waals surface area contributed by atoms with Gasteiger partial charge in [-0.05, 0) is 17.2 Å². The molecule has 0 unspecified atom stereocenters. The summed E-state index contributed by atoms with van der Waals surface area (Å²) in [5.74, 6) is 0. The lowest BCUT2D eigenvalue weighted by molar-refractivity contribution is 0.594. The Hall–Kier alpha value is -3.17. The molecular formula is C25H22N2S. The molecule has 3 aromatic carbocycles. The molecule has 2 nitrogen and oxygen atoms in total. The molecule has 0 amide bonds. The Labute approximate surface area is 170 Å². The van der Waals surface area contributed by atoms with Crippen LogP contribution in [0.15, 0.2) is 91.0 Å². The highest BCUT2D eigenvalue weighted by Crippen LogP contribution is 2.39. The fourth-order valence-electron chi connectivity index (χ4n) is 3.10. The van der Waals surface area contributed by atoms with Crippen molar-refractivity contribution in [3.05, 3.63) is 102 Å². The number of hydrogen-bond donors (Lipinski definition) is 0. The summed E-state index contributed by atoms with van der Waals surface area (Å²) in [5, 5.41) is 1.02. The van der Waals surface area contributed by atoms with Crippen molar-refractivity contribution in [1.82, 2.24) is 9.88 Å². The van der Waals surface area contributed by atoms with Gasteiger partial charge in [0.1, 0.15) is 5.01 Å². The molecule has 0 atom stereocenters. The van der Waals surface area contributed by atoms with Gasteiger partial charge in [0.2, 0.25) is 0 Å². The van der Waals surface area contributed by atoms with Crippen LogP contribution in [0.5, 0.6) is 0 Å². The molecule has 0 saturated heterocycles. The lowest BCUT2D eigenvalue weighted by Crippen LogP contribution is -2.09. The van der Waals surface area contributed by atoms with Crippen molar-refractivity contribution in [2.75, 3.05) is 14.1 Å². The standard InChI is InChI=1S/C25H22N2S/c1-27(2)22(18-19-12-6-3-7-13-19)25-26-23(20-14-8-4-9-15-20)24(28-25)21-16-10-5-11-17-21/h3-18H,1-2H3. The molecule has 0 aliphatic rings. The van der Waals surface area contributed by atoms with Gasteiger partial charge < -0.3 is 4.90 Å². The van der Waals surface area contributed by atoms with E-state index in [9.17, 15) is 0 Å². The van der Waals surface area contributed by atoms with Crippen LogP contribution in [0, 0.1) is 0 Å². The first-order valence-corrected chi connectivity index (χ1v) is 10.1. The first-order valence-electron chi connectivity index (χ1n) is 9.28. The van der Waals surface area contributed by atoms with Crippen LogP contribution in [0.1, 0.15) is 10.6 Å². The summed E-state index contributed by atoms with van der Waals surface area (Å²) in [4.78, 5) is 8.41. The molecule has 0 fully saturated rings. The first kappa shape index (κ1) is 18.2. The number of nitrogens with zero attached hydrogens (tertiary/aromatic N) is 2. The van der Waals surface area contributed by atoms with Crippen LogP contribution in [0.25, 0.3) is 33.5 Å². The minimum absolute atomic E-state index is 1.02. The second kappa shape index (κ2) is 8.24. The number of thiazole rings is 1. The molecule has 0 N–H and O–H groups in total. The van der Waals surface area contributed by atoms with Gasteiger partial charge in [0.25, 0.3) is 0 Å². The quantitative estimate of drug-likeness (QED) is 0.390. The Balaban J connectivity index is 1.88. The summed E-state index contributed by atoms with van der Waals surface area (Å²) in [6.45, 7) is 0. The van der Waals surface area contributed by atoms with Crippen molar-refractivity contribution in [3.63, 3.8) is 0 Å². The zero-order chi connectivity index (χ0) is 19.3. The Morgan fingerprint density at radius 1 is 0.750 bits per heavy atom. The smallest absolute Gasteiger partial charge is 0.140 e. The average Bonchev–Trinajstić information content (AvgIpc) is 3.19. The Morgan fingerprint density at radius 3 is 1.86 bits per heavy atom. The van der Waals surface area contributed by atoms with Gasteiger partial charge in [0, 0.05) is 19.7 Å². The van der Waals surface area contributed by atoms with Crippen LogP contribution in [0.3, 0.4) is 0 Å². The molecule has 0 bridgehead atoms. The predicted molar refractivity (Wildman–Crippen MR) is 121 cm³/mol. The van der Waals surface area contributed by atoms with E-state index in [-0.39, 0.29) is 0 Å². The molecule has 1 aromatic heterocycles. The van der Waals surface area contributed by atoms with E-state index in [0.29, 0.717) is 0 Å². The molecule has 3 heteroatoms. The van der Waals surface area contributed by atoms with Gasteiger partial charge >= 0.3 is 0 Å². The van der Waals surface area contributed by atoms with E-state index in [2.05, 4.69) is 97.9 Å². The van der Waals surface area contributed by atoms with Gasteiger partial charge in [-0.15, -0.1) is 11.3 Å². The van der Waals surface area contributed by atoms with Crippen molar-refractivity contribution in [2.45, 2.75) is 0 Å². The molecule has 0 aliphatic carbocycles. The molecule has 0 spiro atoms. The third kappa shape index (κ3) is 3.90. The van der Waals surface area contributed by atoms with E-state index in [0.717, 1.165) is 22.0 Å². The van der Waals surface area contributed by atoms with Crippen LogP contribution >= 0.6 is 11.3 Å². The summed E-state index contributed by atoms with van der Waals surface area (Å²) < 4.78 is 0. The molecular weight excluding hydrogens is 360 g/mol. The van der Waals surface area contributed by atoms with Gasteiger partial charge in [0.15, 0.2) is 0 Å². The minimum atomic E-state index is 1.02. The van der Waals surface area contributed by atoms with Crippen molar-refractivity contribution >= 4 is 23.1 Å². The lowest BCUT2D eigenvalue weighted by Gasteiger charge is -2.15. The molecule has 0 aliphatic heterocycles. The second-order valence-electron chi connectivity index (χ2n) is 6.76. The Kier molecular flexibility index (Phi) is 5.36. The van der Waals surface area contributed by atoms with E-state index in [1.54, 1.807) is 11.3 Å². The van der Waals surface area contributed by atoms with E-state index >= 15 is 0 Å².